The Morgan fingerprint density at radius 2 is 1.90 bits per heavy atom. The van der Waals surface area contributed by atoms with E-state index in [1.54, 1.807) is 6.07 Å². The maximum Gasteiger partial charge on any atom is 0.253 e. The van der Waals surface area contributed by atoms with E-state index in [4.69, 9.17) is 0 Å². The number of nitrogens with one attached hydrogen (secondary N) is 2. The van der Waals surface area contributed by atoms with Gasteiger partial charge in [0, 0.05) is 25.0 Å². The summed E-state index contributed by atoms with van der Waals surface area (Å²) in [6.07, 6.45) is 2.60. The number of hydrogen-bond acceptors (Lipinski definition) is 4. The summed E-state index contributed by atoms with van der Waals surface area (Å²) in [5.74, 6) is -0.0964. The Balaban J connectivity index is 2.54. The molecule has 0 radical (unpaired) electrons. The Morgan fingerprint density at radius 3 is 2.55 bits per heavy atom. The van der Waals surface area contributed by atoms with Crippen molar-refractivity contribution >= 4 is 21.4 Å². The minimum Gasteiger partial charge on any atom is -0.384 e. The lowest BCUT2D eigenvalue weighted by molar-refractivity contribution is 0.0954. The lowest BCUT2D eigenvalue weighted by Crippen LogP contribution is -2.26. The van der Waals surface area contributed by atoms with Gasteiger partial charge in [0.2, 0.25) is 0 Å². The molecule has 0 spiro atoms. The molecule has 0 fully saturated rings. The zero-order valence-electron chi connectivity index (χ0n) is 12.0. The third kappa shape index (κ3) is 6.06. The Hall–Kier alpha value is -1.56. The molecular weight excluding hydrogens is 276 g/mol. The van der Waals surface area contributed by atoms with Crippen LogP contribution < -0.4 is 10.6 Å². The van der Waals surface area contributed by atoms with Gasteiger partial charge >= 0.3 is 0 Å². The molecule has 0 atom stereocenters. The molecule has 0 bridgehead atoms. The average molecular weight is 298 g/mol. The summed E-state index contributed by atoms with van der Waals surface area (Å²) >= 11 is 0. The van der Waals surface area contributed by atoms with E-state index in [-0.39, 0.29) is 11.7 Å². The van der Waals surface area contributed by atoms with Crippen molar-refractivity contribution in [2.75, 3.05) is 30.4 Å². The molecule has 1 aromatic carbocycles. The van der Waals surface area contributed by atoms with Crippen molar-refractivity contribution in [2.45, 2.75) is 19.8 Å². The second kappa shape index (κ2) is 7.89. The highest BCUT2D eigenvalue weighted by Crippen LogP contribution is 2.14. The van der Waals surface area contributed by atoms with Crippen LogP contribution in [-0.4, -0.2) is 39.4 Å². The van der Waals surface area contributed by atoms with E-state index in [9.17, 15) is 13.2 Å². The van der Waals surface area contributed by atoms with E-state index < -0.39 is 9.84 Å². The van der Waals surface area contributed by atoms with E-state index >= 15 is 0 Å². The van der Waals surface area contributed by atoms with Crippen LogP contribution in [0.2, 0.25) is 0 Å². The van der Waals surface area contributed by atoms with Gasteiger partial charge in [-0.05, 0) is 25.0 Å². The van der Waals surface area contributed by atoms with Gasteiger partial charge in [0.15, 0.2) is 0 Å². The number of carbonyl (C=O) groups excluding carboxylic acids is 1. The topological polar surface area (TPSA) is 75.3 Å². The molecule has 6 heteroatoms. The standard InChI is InChI=1S/C14H22N2O3S/c1-3-9-15-13-8-5-4-7-12(13)14(17)16-10-6-11-20(2,18)19/h4-5,7-8,15H,3,6,9-11H2,1-2H3,(H,16,17). The first-order valence-corrected chi connectivity index (χ1v) is 8.79. The summed E-state index contributed by atoms with van der Waals surface area (Å²) in [4.78, 5) is 12.1. The van der Waals surface area contributed by atoms with Crippen LogP contribution in [0.1, 0.15) is 30.1 Å². The Bertz CT molecular complexity index is 541. The van der Waals surface area contributed by atoms with Gasteiger partial charge < -0.3 is 10.6 Å². The van der Waals surface area contributed by atoms with Crippen molar-refractivity contribution in [3.05, 3.63) is 29.8 Å². The molecule has 0 aliphatic rings. The van der Waals surface area contributed by atoms with Gasteiger partial charge in [-0.15, -0.1) is 0 Å². The minimum atomic E-state index is -2.97. The van der Waals surface area contributed by atoms with Gasteiger partial charge in [0.1, 0.15) is 9.84 Å². The molecule has 112 valence electrons. The van der Waals surface area contributed by atoms with Gasteiger partial charge in [-0.1, -0.05) is 19.1 Å². The Kier molecular flexibility index (Phi) is 6.51. The zero-order chi connectivity index (χ0) is 15.0. The number of anilines is 1. The molecule has 1 amide bonds. The van der Waals surface area contributed by atoms with Crippen LogP contribution in [0.5, 0.6) is 0 Å². The first-order valence-electron chi connectivity index (χ1n) is 6.73. The number of para-hydroxylation sites is 1. The van der Waals surface area contributed by atoms with E-state index in [0.717, 1.165) is 18.7 Å². The Labute approximate surface area is 120 Å². The molecule has 0 heterocycles. The normalized spacial score (nSPS) is 11.1. The van der Waals surface area contributed by atoms with E-state index in [1.807, 2.05) is 18.2 Å². The highest BCUT2D eigenvalue weighted by Gasteiger charge is 2.10. The maximum absolute atomic E-state index is 12.1. The molecule has 1 rings (SSSR count). The largest absolute Gasteiger partial charge is 0.384 e. The third-order valence-corrected chi connectivity index (χ3v) is 3.74. The molecule has 2 N–H and O–H groups in total. The van der Waals surface area contributed by atoms with Crippen LogP contribution in [0, 0.1) is 0 Å². The molecule has 0 aromatic heterocycles. The third-order valence-electron chi connectivity index (χ3n) is 2.71. The van der Waals surface area contributed by atoms with Crippen molar-refractivity contribution in [1.29, 1.82) is 0 Å². The fraction of sp³-hybridized carbons (Fsp3) is 0.500. The van der Waals surface area contributed by atoms with Crippen molar-refractivity contribution < 1.29 is 13.2 Å². The van der Waals surface area contributed by atoms with Crippen molar-refractivity contribution in [3.63, 3.8) is 0 Å². The molecule has 0 aliphatic heterocycles. The quantitative estimate of drug-likeness (QED) is 0.716. The SMILES string of the molecule is CCCNc1ccccc1C(=O)NCCCS(C)(=O)=O. The Morgan fingerprint density at radius 1 is 1.20 bits per heavy atom. The molecule has 0 unspecified atom stereocenters. The molecule has 0 saturated carbocycles. The summed E-state index contributed by atoms with van der Waals surface area (Å²) < 4.78 is 22.0. The highest BCUT2D eigenvalue weighted by atomic mass is 32.2. The molecule has 5 nitrogen and oxygen atoms in total. The summed E-state index contributed by atoms with van der Waals surface area (Å²) in [5, 5.41) is 5.95. The van der Waals surface area contributed by atoms with Gasteiger partial charge in [0.25, 0.3) is 5.91 Å². The van der Waals surface area contributed by atoms with Crippen LogP contribution in [0.25, 0.3) is 0 Å². The van der Waals surface area contributed by atoms with Gasteiger partial charge in [-0.3, -0.25) is 4.79 Å². The predicted octanol–water partition coefficient (Wildman–Crippen LogP) is 1.67. The van der Waals surface area contributed by atoms with Crippen LogP contribution >= 0.6 is 0 Å². The van der Waals surface area contributed by atoms with Gasteiger partial charge in [-0.2, -0.15) is 0 Å². The van der Waals surface area contributed by atoms with Crippen LogP contribution in [0.3, 0.4) is 0 Å². The number of benzene rings is 1. The number of sulfone groups is 1. The predicted molar refractivity (Wildman–Crippen MR) is 81.9 cm³/mol. The van der Waals surface area contributed by atoms with Crippen molar-refractivity contribution in [1.82, 2.24) is 5.32 Å². The average Bonchev–Trinajstić information content (AvgIpc) is 2.40. The summed E-state index contributed by atoms with van der Waals surface area (Å²) in [7, 11) is -2.97. The molecule has 20 heavy (non-hydrogen) atoms. The number of rotatable bonds is 8. The number of hydrogen-bond donors (Lipinski definition) is 2. The van der Waals surface area contributed by atoms with Gasteiger partial charge in [0.05, 0.1) is 11.3 Å². The lowest BCUT2D eigenvalue weighted by Gasteiger charge is -2.11. The highest BCUT2D eigenvalue weighted by molar-refractivity contribution is 7.90. The summed E-state index contributed by atoms with van der Waals surface area (Å²) in [5.41, 5.74) is 1.38. The van der Waals surface area contributed by atoms with Gasteiger partial charge in [-0.25, -0.2) is 8.42 Å². The fourth-order valence-corrected chi connectivity index (χ4v) is 2.40. The lowest BCUT2D eigenvalue weighted by atomic mass is 10.1. The smallest absolute Gasteiger partial charge is 0.253 e. The maximum atomic E-state index is 12.1. The molecule has 0 saturated heterocycles. The second-order valence-corrected chi connectivity index (χ2v) is 6.97. The first kappa shape index (κ1) is 16.5. The fourth-order valence-electron chi connectivity index (χ4n) is 1.73. The van der Waals surface area contributed by atoms with E-state index in [1.165, 1.54) is 6.26 Å². The molecule has 1 aromatic rings. The summed E-state index contributed by atoms with van der Waals surface area (Å²) in [6.45, 7) is 3.22. The molecular formula is C14H22N2O3S. The number of amides is 1. The monoisotopic (exact) mass is 298 g/mol. The second-order valence-electron chi connectivity index (χ2n) is 4.71. The molecule has 0 aliphatic carbocycles. The van der Waals surface area contributed by atoms with Crippen molar-refractivity contribution in [3.8, 4) is 0 Å². The first-order chi connectivity index (χ1) is 9.44. The zero-order valence-corrected chi connectivity index (χ0v) is 12.8. The minimum absolute atomic E-state index is 0.0863. The van der Waals surface area contributed by atoms with E-state index in [2.05, 4.69) is 17.6 Å². The van der Waals surface area contributed by atoms with E-state index in [0.29, 0.717) is 18.5 Å². The number of carbonyl (C=O) groups is 1. The van der Waals surface area contributed by atoms with Crippen LogP contribution in [0.4, 0.5) is 5.69 Å². The van der Waals surface area contributed by atoms with Crippen molar-refractivity contribution in [2.24, 2.45) is 0 Å². The summed E-state index contributed by atoms with van der Waals surface area (Å²) in [6, 6.07) is 7.30. The van der Waals surface area contributed by atoms with Crippen LogP contribution in [0.15, 0.2) is 24.3 Å². The van der Waals surface area contributed by atoms with Crippen LogP contribution in [-0.2, 0) is 9.84 Å².